The van der Waals surface area contributed by atoms with Gasteiger partial charge in [0.2, 0.25) is 0 Å². The van der Waals surface area contributed by atoms with Crippen molar-refractivity contribution in [3.05, 3.63) is 81.8 Å². The van der Waals surface area contributed by atoms with E-state index in [4.69, 9.17) is 21.3 Å². The zero-order valence-electron chi connectivity index (χ0n) is 17.9. The van der Waals surface area contributed by atoms with E-state index in [0.29, 0.717) is 17.3 Å². The number of nitrogens with zero attached hydrogens (tertiary/aromatic N) is 3. The number of hydrogen-bond acceptors (Lipinski definition) is 7. The van der Waals surface area contributed by atoms with Gasteiger partial charge in [0.25, 0.3) is 0 Å². The molecule has 0 unspecified atom stereocenters. The van der Waals surface area contributed by atoms with Crippen molar-refractivity contribution in [2.75, 3.05) is 10.2 Å². The van der Waals surface area contributed by atoms with Crippen LogP contribution in [0.25, 0.3) is 0 Å². The maximum absolute atomic E-state index is 12.6. The van der Waals surface area contributed by atoms with Crippen LogP contribution in [0, 0.1) is 5.41 Å². The van der Waals surface area contributed by atoms with Gasteiger partial charge in [-0.1, -0.05) is 42.9 Å². The van der Waals surface area contributed by atoms with E-state index >= 15 is 0 Å². The third-order valence-electron chi connectivity index (χ3n) is 5.58. The summed E-state index contributed by atoms with van der Waals surface area (Å²) < 4.78 is 5.89. The molecule has 164 valence electrons. The summed E-state index contributed by atoms with van der Waals surface area (Å²) in [6.07, 6.45) is 14.3. The Hall–Kier alpha value is -2.90. The second kappa shape index (κ2) is 8.22. The lowest BCUT2D eigenvalue weighted by Crippen LogP contribution is -2.26. The van der Waals surface area contributed by atoms with Gasteiger partial charge in [-0.3, -0.25) is 9.69 Å². The van der Waals surface area contributed by atoms with Crippen molar-refractivity contribution < 1.29 is 9.53 Å². The van der Waals surface area contributed by atoms with Crippen molar-refractivity contribution in [2.45, 2.75) is 39.5 Å². The molecule has 6 nitrogen and oxygen atoms in total. The molecule has 0 saturated carbocycles. The fourth-order valence-corrected chi connectivity index (χ4v) is 5.17. The summed E-state index contributed by atoms with van der Waals surface area (Å²) in [5.74, 6) is 1.64. The molecular weight excluding hydrogens is 444 g/mol. The Morgan fingerprint density at radius 2 is 2.16 bits per heavy atom. The number of fused-ring (bicyclic) bond motifs is 1. The van der Waals surface area contributed by atoms with E-state index in [2.05, 4.69) is 30.2 Å². The Morgan fingerprint density at radius 3 is 2.97 bits per heavy atom. The molecule has 0 bridgehead atoms. The number of carbonyl (C=O) groups excluding carboxylic acids is 1. The van der Waals surface area contributed by atoms with E-state index in [-0.39, 0.29) is 11.2 Å². The molecule has 3 heterocycles. The summed E-state index contributed by atoms with van der Waals surface area (Å²) in [5, 5.41) is 4.74. The molecule has 2 aromatic heterocycles. The summed E-state index contributed by atoms with van der Waals surface area (Å²) in [6.45, 7) is 4.24. The molecule has 0 saturated heterocycles. The average Bonchev–Trinajstić information content (AvgIpc) is 3.19. The fourth-order valence-electron chi connectivity index (χ4n) is 4.08. The van der Waals surface area contributed by atoms with Gasteiger partial charge in [0.1, 0.15) is 17.8 Å². The summed E-state index contributed by atoms with van der Waals surface area (Å²) >= 11 is 7.41. The van der Waals surface area contributed by atoms with Crippen molar-refractivity contribution in [3.63, 3.8) is 0 Å². The van der Waals surface area contributed by atoms with Crippen LogP contribution in [0.15, 0.2) is 66.2 Å². The number of thiazole rings is 1. The molecule has 0 aromatic carbocycles. The Bertz CT molecular complexity index is 1190. The first-order valence-electron chi connectivity index (χ1n) is 10.5. The standard InChI is InChI=1S/C24H23ClN4O2S/c1-24(2)11-18-22(19(30)12-24)32-23(28-18)29-9-10-31-20(14-29)16-5-3-4-6-17(16)27-21-8-7-15(25)13-26-21/h4,6-10,13-14H,3,5,11-12H2,1-2H3,(H,26,27). The first kappa shape index (κ1) is 21.0. The smallest absolute Gasteiger partial charge is 0.194 e. The van der Waals surface area contributed by atoms with Gasteiger partial charge < -0.3 is 10.1 Å². The maximum atomic E-state index is 12.6. The van der Waals surface area contributed by atoms with Crippen molar-refractivity contribution in [1.29, 1.82) is 0 Å². The predicted octanol–water partition coefficient (Wildman–Crippen LogP) is 6.21. The van der Waals surface area contributed by atoms with Crippen molar-refractivity contribution in [3.8, 4) is 0 Å². The van der Waals surface area contributed by atoms with E-state index in [9.17, 15) is 4.79 Å². The van der Waals surface area contributed by atoms with Gasteiger partial charge in [0, 0.05) is 30.1 Å². The Balaban J connectivity index is 1.45. The number of anilines is 2. The van der Waals surface area contributed by atoms with E-state index in [1.165, 1.54) is 11.3 Å². The number of halogens is 1. The van der Waals surface area contributed by atoms with Crippen LogP contribution < -0.4 is 10.2 Å². The van der Waals surface area contributed by atoms with Crippen LogP contribution in [-0.4, -0.2) is 15.8 Å². The van der Waals surface area contributed by atoms with E-state index in [1.807, 2.05) is 29.4 Å². The topological polar surface area (TPSA) is 67.3 Å². The lowest BCUT2D eigenvalue weighted by Gasteiger charge is -2.26. The number of nitrogens with one attached hydrogen (secondary N) is 1. The lowest BCUT2D eigenvalue weighted by atomic mass is 9.78. The van der Waals surface area contributed by atoms with Crippen LogP contribution in [0.3, 0.4) is 0 Å². The summed E-state index contributed by atoms with van der Waals surface area (Å²) in [5.41, 5.74) is 2.84. The lowest BCUT2D eigenvalue weighted by molar-refractivity contribution is 0.0916. The quantitative estimate of drug-likeness (QED) is 0.577. The van der Waals surface area contributed by atoms with Crippen molar-refractivity contribution >= 4 is 39.7 Å². The minimum absolute atomic E-state index is 0.0488. The number of ketones is 1. The van der Waals surface area contributed by atoms with E-state index in [1.54, 1.807) is 18.5 Å². The average molecular weight is 467 g/mol. The van der Waals surface area contributed by atoms with Gasteiger partial charge in [-0.2, -0.15) is 0 Å². The summed E-state index contributed by atoms with van der Waals surface area (Å²) in [7, 11) is 0. The Morgan fingerprint density at radius 1 is 1.28 bits per heavy atom. The highest BCUT2D eigenvalue weighted by Crippen LogP contribution is 2.40. The Labute approximate surface area is 196 Å². The van der Waals surface area contributed by atoms with Crippen LogP contribution in [0.1, 0.15) is 48.5 Å². The van der Waals surface area contributed by atoms with Crippen LogP contribution in [0.5, 0.6) is 0 Å². The molecule has 32 heavy (non-hydrogen) atoms. The third-order valence-corrected chi connectivity index (χ3v) is 6.95. The molecule has 2 aliphatic carbocycles. The fraction of sp³-hybridized carbons (Fsp3) is 0.292. The minimum atomic E-state index is -0.0488. The maximum Gasteiger partial charge on any atom is 0.194 e. The molecule has 2 aromatic rings. The van der Waals surface area contributed by atoms with Gasteiger partial charge in [0.15, 0.2) is 10.9 Å². The molecule has 0 fully saturated rings. The van der Waals surface area contributed by atoms with Gasteiger partial charge in [-0.05, 0) is 42.9 Å². The first-order valence-corrected chi connectivity index (χ1v) is 11.7. The number of aromatic nitrogens is 2. The van der Waals surface area contributed by atoms with Crippen LogP contribution in [0.2, 0.25) is 5.02 Å². The number of Topliss-reactive ketones (excluding diaryl/α,β-unsaturated/α-hetero) is 1. The highest BCUT2D eigenvalue weighted by Gasteiger charge is 2.34. The predicted molar refractivity (Wildman–Crippen MR) is 128 cm³/mol. The SMILES string of the molecule is CC1(C)CC(=O)c2sc(N3C=COC(C4=C(Nc5ccc(Cl)cn5)C=CCC4)=C3)nc2C1. The first-order chi connectivity index (χ1) is 15.4. The number of allylic oxidation sites excluding steroid dienone is 3. The van der Waals surface area contributed by atoms with Crippen molar-refractivity contribution in [2.24, 2.45) is 5.41 Å². The number of rotatable bonds is 4. The normalized spacial score (nSPS) is 19.5. The van der Waals surface area contributed by atoms with Gasteiger partial charge >= 0.3 is 0 Å². The van der Waals surface area contributed by atoms with E-state index < -0.39 is 0 Å². The largest absolute Gasteiger partial charge is 0.462 e. The molecule has 0 atom stereocenters. The van der Waals surface area contributed by atoms with Gasteiger partial charge in [-0.25, -0.2) is 9.97 Å². The number of ether oxygens (including phenoxy) is 1. The molecule has 3 aliphatic rings. The number of carbonyl (C=O) groups is 1. The van der Waals surface area contributed by atoms with Gasteiger partial charge in [-0.15, -0.1) is 0 Å². The molecule has 8 heteroatoms. The third kappa shape index (κ3) is 4.23. The molecule has 0 spiro atoms. The number of pyridine rings is 1. The summed E-state index contributed by atoms with van der Waals surface area (Å²) in [4.78, 5) is 24.5. The molecular formula is C24H23ClN4O2S. The molecule has 1 aliphatic heterocycles. The molecule has 0 radical (unpaired) electrons. The monoisotopic (exact) mass is 466 g/mol. The summed E-state index contributed by atoms with van der Waals surface area (Å²) in [6, 6.07) is 3.65. The second-order valence-electron chi connectivity index (χ2n) is 8.84. The van der Waals surface area contributed by atoms with E-state index in [0.717, 1.165) is 52.0 Å². The van der Waals surface area contributed by atoms with Crippen LogP contribution >= 0.6 is 22.9 Å². The van der Waals surface area contributed by atoms with Crippen LogP contribution in [0.4, 0.5) is 10.9 Å². The minimum Gasteiger partial charge on any atom is -0.462 e. The zero-order valence-corrected chi connectivity index (χ0v) is 19.5. The zero-order chi connectivity index (χ0) is 22.3. The highest BCUT2D eigenvalue weighted by molar-refractivity contribution is 7.17. The molecule has 0 amide bonds. The van der Waals surface area contributed by atoms with Crippen LogP contribution in [-0.2, 0) is 11.2 Å². The molecule has 1 N–H and O–H groups in total. The highest BCUT2D eigenvalue weighted by atomic mass is 35.5. The van der Waals surface area contributed by atoms with Gasteiger partial charge in [0.05, 0.1) is 21.8 Å². The molecule has 5 rings (SSSR count). The second-order valence-corrected chi connectivity index (χ2v) is 10.3. The van der Waals surface area contributed by atoms with Crippen molar-refractivity contribution in [1.82, 2.24) is 9.97 Å². The Kier molecular flexibility index (Phi) is 5.39. The number of hydrogen-bond donors (Lipinski definition) is 1.